The Balaban J connectivity index is 1.68. The Morgan fingerprint density at radius 1 is 0.963 bits per heavy atom. The van der Waals surface area contributed by atoms with Gasteiger partial charge in [0.05, 0.1) is 33.4 Å². The zero-order valence-electron chi connectivity index (χ0n) is 14.6. The third-order valence-electron chi connectivity index (χ3n) is 4.99. The lowest BCUT2D eigenvalue weighted by Gasteiger charge is -2.28. The van der Waals surface area contributed by atoms with Crippen LogP contribution in [-0.2, 0) is 14.4 Å². The standard InChI is InChI=1S/C20H18Cl2N2O3/c1-2-6-16-17-18(27-24(16)12-7-4-3-5-8-12)20(26)23(19(17)25)13-9-10-14(21)15(22)11-13/h3-5,7-11,16-18H,2,6H2,1H3. The summed E-state index contributed by atoms with van der Waals surface area (Å²) >= 11 is 12.0. The second kappa shape index (κ2) is 7.15. The van der Waals surface area contributed by atoms with Crippen LogP contribution < -0.4 is 9.96 Å². The van der Waals surface area contributed by atoms with Crippen LogP contribution in [0.3, 0.4) is 0 Å². The van der Waals surface area contributed by atoms with Gasteiger partial charge in [-0.15, -0.1) is 0 Å². The number of halogens is 2. The van der Waals surface area contributed by atoms with Gasteiger partial charge in [-0.2, -0.15) is 0 Å². The maximum Gasteiger partial charge on any atom is 0.266 e. The fourth-order valence-electron chi connectivity index (χ4n) is 3.79. The molecule has 0 bridgehead atoms. The summed E-state index contributed by atoms with van der Waals surface area (Å²) in [5.41, 5.74) is 1.26. The molecule has 0 saturated carbocycles. The van der Waals surface area contributed by atoms with E-state index in [9.17, 15) is 9.59 Å². The minimum atomic E-state index is -0.830. The number of rotatable bonds is 4. The van der Waals surface area contributed by atoms with Gasteiger partial charge in [-0.25, -0.2) is 9.96 Å². The topological polar surface area (TPSA) is 49.9 Å². The minimum Gasteiger partial charge on any atom is -0.273 e. The number of benzene rings is 2. The van der Waals surface area contributed by atoms with Crippen LogP contribution >= 0.6 is 23.2 Å². The van der Waals surface area contributed by atoms with Crippen molar-refractivity contribution in [2.75, 3.05) is 9.96 Å². The molecule has 2 aliphatic rings. The number of hydroxylamine groups is 1. The fourth-order valence-corrected chi connectivity index (χ4v) is 4.08. The van der Waals surface area contributed by atoms with Gasteiger partial charge in [-0.3, -0.25) is 14.4 Å². The lowest BCUT2D eigenvalue weighted by atomic mass is 9.93. The molecule has 2 aromatic rings. The molecular formula is C20H18Cl2N2O3. The quantitative estimate of drug-likeness (QED) is 0.705. The molecule has 4 rings (SSSR count). The molecule has 0 aliphatic carbocycles. The van der Waals surface area contributed by atoms with Crippen molar-refractivity contribution in [3.8, 4) is 0 Å². The van der Waals surface area contributed by atoms with E-state index in [0.717, 1.165) is 18.5 Å². The highest BCUT2D eigenvalue weighted by molar-refractivity contribution is 6.42. The fraction of sp³-hybridized carbons (Fsp3) is 0.300. The largest absolute Gasteiger partial charge is 0.273 e. The highest BCUT2D eigenvalue weighted by atomic mass is 35.5. The summed E-state index contributed by atoms with van der Waals surface area (Å²) in [5, 5.41) is 2.39. The van der Waals surface area contributed by atoms with Crippen LogP contribution in [0.2, 0.25) is 10.0 Å². The van der Waals surface area contributed by atoms with Crippen molar-refractivity contribution in [3.05, 3.63) is 58.6 Å². The third-order valence-corrected chi connectivity index (χ3v) is 5.73. The molecule has 27 heavy (non-hydrogen) atoms. The van der Waals surface area contributed by atoms with Crippen molar-refractivity contribution >= 4 is 46.4 Å². The monoisotopic (exact) mass is 404 g/mol. The number of para-hydroxylation sites is 1. The molecule has 2 aromatic carbocycles. The lowest BCUT2D eigenvalue weighted by Crippen LogP contribution is -2.40. The zero-order valence-corrected chi connectivity index (χ0v) is 16.2. The predicted octanol–water partition coefficient (Wildman–Crippen LogP) is 4.47. The van der Waals surface area contributed by atoms with Crippen molar-refractivity contribution in [3.63, 3.8) is 0 Å². The van der Waals surface area contributed by atoms with Crippen molar-refractivity contribution in [2.45, 2.75) is 31.9 Å². The van der Waals surface area contributed by atoms with Crippen LogP contribution in [0.5, 0.6) is 0 Å². The average molecular weight is 405 g/mol. The molecule has 7 heteroatoms. The molecule has 3 atom stereocenters. The van der Waals surface area contributed by atoms with Crippen LogP contribution in [0.1, 0.15) is 19.8 Å². The predicted molar refractivity (Wildman–Crippen MR) is 105 cm³/mol. The summed E-state index contributed by atoms with van der Waals surface area (Å²) in [6, 6.07) is 14.1. The molecule has 2 saturated heterocycles. The number of hydrogen-bond donors (Lipinski definition) is 0. The molecule has 2 amide bonds. The highest BCUT2D eigenvalue weighted by Gasteiger charge is 2.59. The van der Waals surface area contributed by atoms with E-state index in [1.807, 2.05) is 30.3 Å². The molecule has 0 radical (unpaired) electrons. The summed E-state index contributed by atoms with van der Waals surface area (Å²) in [7, 11) is 0. The molecular weight excluding hydrogens is 387 g/mol. The first-order valence-electron chi connectivity index (χ1n) is 8.87. The second-order valence-corrected chi connectivity index (χ2v) is 7.49. The first-order valence-corrected chi connectivity index (χ1v) is 9.62. The number of carbonyl (C=O) groups is 2. The van der Waals surface area contributed by atoms with Gasteiger partial charge in [0, 0.05) is 0 Å². The van der Waals surface area contributed by atoms with Crippen molar-refractivity contribution in [1.82, 2.24) is 0 Å². The smallest absolute Gasteiger partial charge is 0.266 e. The summed E-state index contributed by atoms with van der Waals surface area (Å²) < 4.78 is 0. The number of imide groups is 1. The minimum absolute atomic E-state index is 0.202. The molecule has 0 N–H and O–H groups in total. The van der Waals surface area contributed by atoms with E-state index in [-0.39, 0.29) is 17.9 Å². The molecule has 0 aromatic heterocycles. The molecule has 140 valence electrons. The second-order valence-electron chi connectivity index (χ2n) is 6.68. The van der Waals surface area contributed by atoms with Gasteiger partial charge in [0.25, 0.3) is 5.91 Å². The van der Waals surface area contributed by atoms with E-state index in [4.69, 9.17) is 28.0 Å². The zero-order chi connectivity index (χ0) is 19.1. The van der Waals surface area contributed by atoms with Crippen LogP contribution in [0.15, 0.2) is 48.5 Å². The Kier molecular flexibility index (Phi) is 4.84. The number of amides is 2. The molecule has 5 nitrogen and oxygen atoms in total. The van der Waals surface area contributed by atoms with Gasteiger partial charge in [-0.1, -0.05) is 54.7 Å². The Labute approximate surface area is 167 Å². The molecule has 3 unspecified atom stereocenters. The Morgan fingerprint density at radius 3 is 2.37 bits per heavy atom. The maximum absolute atomic E-state index is 13.2. The molecule has 0 spiro atoms. The summed E-state index contributed by atoms with van der Waals surface area (Å²) in [4.78, 5) is 33.3. The number of carbonyl (C=O) groups excluding carboxylic acids is 2. The van der Waals surface area contributed by atoms with E-state index in [2.05, 4.69) is 6.92 Å². The van der Waals surface area contributed by atoms with E-state index in [0.29, 0.717) is 15.7 Å². The Hall–Kier alpha value is -2.08. The molecule has 2 fully saturated rings. The van der Waals surface area contributed by atoms with Crippen LogP contribution in [0.4, 0.5) is 11.4 Å². The van der Waals surface area contributed by atoms with Crippen molar-refractivity contribution < 1.29 is 14.4 Å². The van der Waals surface area contributed by atoms with Gasteiger partial charge in [-0.05, 0) is 36.8 Å². The number of fused-ring (bicyclic) bond motifs is 1. The van der Waals surface area contributed by atoms with Crippen LogP contribution in [0.25, 0.3) is 0 Å². The Morgan fingerprint density at radius 2 is 1.70 bits per heavy atom. The van der Waals surface area contributed by atoms with Gasteiger partial charge in [0.2, 0.25) is 5.91 Å². The maximum atomic E-state index is 13.2. The first-order chi connectivity index (χ1) is 13.0. The van der Waals surface area contributed by atoms with E-state index in [1.54, 1.807) is 17.2 Å². The van der Waals surface area contributed by atoms with Crippen LogP contribution in [0, 0.1) is 5.92 Å². The van der Waals surface area contributed by atoms with Crippen molar-refractivity contribution in [1.29, 1.82) is 0 Å². The van der Waals surface area contributed by atoms with Gasteiger partial charge >= 0.3 is 0 Å². The Bertz CT molecular complexity index is 890. The van der Waals surface area contributed by atoms with E-state index in [1.165, 1.54) is 11.0 Å². The number of nitrogens with zero attached hydrogens (tertiary/aromatic N) is 2. The summed E-state index contributed by atoms with van der Waals surface area (Å²) in [6.45, 7) is 2.05. The van der Waals surface area contributed by atoms with Crippen molar-refractivity contribution in [2.24, 2.45) is 5.92 Å². The van der Waals surface area contributed by atoms with E-state index >= 15 is 0 Å². The number of anilines is 2. The number of hydrogen-bond acceptors (Lipinski definition) is 4. The highest BCUT2D eigenvalue weighted by Crippen LogP contribution is 2.42. The molecule has 2 heterocycles. The SMILES string of the molecule is CCCC1C2C(=O)N(c3ccc(Cl)c(Cl)c3)C(=O)C2ON1c1ccccc1. The van der Waals surface area contributed by atoms with Gasteiger partial charge in [0.15, 0.2) is 6.10 Å². The summed E-state index contributed by atoms with van der Waals surface area (Å²) in [5.74, 6) is -1.18. The lowest BCUT2D eigenvalue weighted by molar-refractivity contribution is -0.126. The van der Waals surface area contributed by atoms with Gasteiger partial charge in [0.1, 0.15) is 0 Å². The first kappa shape index (κ1) is 18.3. The molecule has 2 aliphatic heterocycles. The van der Waals surface area contributed by atoms with Crippen LogP contribution in [-0.4, -0.2) is 24.0 Å². The average Bonchev–Trinajstić information content (AvgIpc) is 3.15. The normalized spacial score (nSPS) is 24.6. The van der Waals surface area contributed by atoms with Gasteiger partial charge < -0.3 is 0 Å². The third kappa shape index (κ3) is 3.00. The summed E-state index contributed by atoms with van der Waals surface area (Å²) in [6.07, 6.45) is 0.780. The van der Waals surface area contributed by atoms with E-state index < -0.39 is 12.0 Å².